The minimum atomic E-state index is -4.38. The minimum absolute atomic E-state index is 0.0350. The normalized spacial score (nSPS) is 11.2. The molecule has 0 aliphatic carbocycles. The lowest BCUT2D eigenvalue weighted by Crippen LogP contribution is -2.28. The van der Waals surface area contributed by atoms with Crippen molar-refractivity contribution in [3.63, 3.8) is 0 Å². The van der Waals surface area contributed by atoms with Gasteiger partial charge in [-0.05, 0) is 48.2 Å². The Morgan fingerprint density at radius 3 is 2.40 bits per heavy atom. The summed E-state index contributed by atoms with van der Waals surface area (Å²) in [6, 6.07) is 9.56. The zero-order valence-corrected chi connectivity index (χ0v) is 13.7. The molecule has 3 N–H and O–H groups in total. The number of benzene rings is 2. The Bertz CT molecular complexity index is 728. The highest BCUT2D eigenvalue weighted by Crippen LogP contribution is 2.29. The molecule has 0 aliphatic heterocycles. The second-order valence-electron chi connectivity index (χ2n) is 5.58. The molecule has 0 atom stereocenters. The van der Waals surface area contributed by atoms with Crippen molar-refractivity contribution in [1.82, 2.24) is 5.32 Å². The van der Waals surface area contributed by atoms with Crippen LogP contribution in [-0.2, 0) is 19.1 Å². The van der Waals surface area contributed by atoms with Gasteiger partial charge >= 0.3 is 12.2 Å². The van der Waals surface area contributed by atoms with Crippen molar-refractivity contribution in [3.05, 3.63) is 64.7 Å². The fraction of sp³-hybridized carbons (Fsp3) is 0.278. The van der Waals surface area contributed by atoms with E-state index in [9.17, 15) is 18.0 Å². The number of aryl methyl sites for hydroxylation is 1. The van der Waals surface area contributed by atoms with E-state index in [1.165, 1.54) is 12.1 Å². The Labute approximate surface area is 143 Å². The molecule has 0 unspecified atom stereocenters. The lowest BCUT2D eigenvalue weighted by molar-refractivity contribution is -0.137. The number of amides is 2. The first kappa shape index (κ1) is 18.8. The van der Waals surface area contributed by atoms with E-state index in [1.807, 2.05) is 13.0 Å². The lowest BCUT2D eigenvalue weighted by atomic mass is 10.0. The van der Waals surface area contributed by atoms with Crippen molar-refractivity contribution in [2.24, 2.45) is 0 Å². The molecule has 0 radical (unpaired) electrons. The monoisotopic (exact) mass is 352 g/mol. The van der Waals surface area contributed by atoms with Crippen LogP contribution in [-0.4, -0.2) is 17.7 Å². The van der Waals surface area contributed by atoms with E-state index in [0.29, 0.717) is 17.7 Å². The molecule has 0 saturated heterocycles. The Morgan fingerprint density at radius 1 is 1.12 bits per heavy atom. The number of anilines is 1. The molecule has 25 heavy (non-hydrogen) atoms. The number of rotatable bonds is 5. The van der Waals surface area contributed by atoms with Crippen LogP contribution >= 0.6 is 0 Å². The Kier molecular flexibility index (Phi) is 6.03. The molecule has 2 aromatic rings. The zero-order valence-electron chi connectivity index (χ0n) is 13.7. The SMILES string of the molecule is Cc1cccc(NC(=O)NCc2ccc(C(F)(F)F)cc2)c1CCO. The van der Waals surface area contributed by atoms with E-state index in [-0.39, 0.29) is 13.2 Å². The molecule has 0 spiro atoms. The van der Waals surface area contributed by atoms with Crippen LogP contribution in [0.1, 0.15) is 22.3 Å². The number of hydrogen-bond donors (Lipinski definition) is 3. The average molecular weight is 352 g/mol. The van der Waals surface area contributed by atoms with Gasteiger partial charge in [0.15, 0.2) is 0 Å². The van der Waals surface area contributed by atoms with Gasteiger partial charge in [0.2, 0.25) is 0 Å². The first-order valence-corrected chi connectivity index (χ1v) is 7.71. The van der Waals surface area contributed by atoms with Gasteiger partial charge in [0.25, 0.3) is 0 Å². The van der Waals surface area contributed by atoms with Crippen molar-refractivity contribution in [1.29, 1.82) is 0 Å². The molecule has 4 nitrogen and oxygen atoms in total. The maximum atomic E-state index is 12.5. The summed E-state index contributed by atoms with van der Waals surface area (Å²) in [5.74, 6) is 0. The summed E-state index contributed by atoms with van der Waals surface area (Å²) in [4.78, 5) is 12.0. The number of halogens is 3. The van der Waals surface area contributed by atoms with Gasteiger partial charge in [-0.25, -0.2) is 4.79 Å². The molecule has 7 heteroatoms. The number of alkyl halides is 3. The summed E-state index contributed by atoms with van der Waals surface area (Å²) in [5, 5.41) is 14.4. The Morgan fingerprint density at radius 2 is 1.80 bits per heavy atom. The van der Waals surface area contributed by atoms with E-state index in [2.05, 4.69) is 10.6 Å². The molecular weight excluding hydrogens is 333 g/mol. The first-order valence-electron chi connectivity index (χ1n) is 7.71. The fourth-order valence-corrected chi connectivity index (χ4v) is 2.42. The van der Waals surface area contributed by atoms with Gasteiger partial charge in [-0.15, -0.1) is 0 Å². The Balaban J connectivity index is 1.96. The standard InChI is InChI=1S/C18H19F3N2O2/c1-12-3-2-4-16(15(12)9-10-24)23-17(25)22-11-13-5-7-14(8-6-13)18(19,20)21/h2-8,24H,9-11H2,1H3,(H2,22,23,25). The van der Waals surface area contributed by atoms with Crippen LogP contribution in [0.3, 0.4) is 0 Å². The third kappa shape index (κ3) is 5.22. The van der Waals surface area contributed by atoms with E-state index in [4.69, 9.17) is 5.11 Å². The number of aliphatic hydroxyl groups excluding tert-OH is 1. The van der Waals surface area contributed by atoms with Gasteiger partial charge in [-0.2, -0.15) is 13.2 Å². The van der Waals surface area contributed by atoms with Crippen LogP contribution < -0.4 is 10.6 Å². The molecule has 2 rings (SSSR count). The second-order valence-corrected chi connectivity index (χ2v) is 5.58. The summed E-state index contributed by atoms with van der Waals surface area (Å²) in [6.45, 7) is 1.95. The van der Waals surface area contributed by atoms with Gasteiger partial charge in [-0.1, -0.05) is 24.3 Å². The zero-order chi connectivity index (χ0) is 18.4. The highest BCUT2D eigenvalue weighted by Gasteiger charge is 2.29. The van der Waals surface area contributed by atoms with Crippen LogP contribution in [0.5, 0.6) is 0 Å². The van der Waals surface area contributed by atoms with Crippen molar-refractivity contribution >= 4 is 11.7 Å². The van der Waals surface area contributed by atoms with Crippen LogP contribution in [0.25, 0.3) is 0 Å². The van der Waals surface area contributed by atoms with E-state index in [1.54, 1.807) is 12.1 Å². The van der Waals surface area contributed by atoms with Gasteiger partial charge in [0.1, 0.15) is 0 Å². The molecule has 0 aliphatic rings. The molecule has 0 fully saturated rings. The van der Waals surface area contributed by atoms with Crippen molar-refractivity contribution in [2.45, 2.75) is 26.1 Å². The predicted molar refractivity (Wildman–Crippen MR) is 89.3 cm³/mol. The van der Waals surface area contributed by atoms with E-state index >= 15 is 0 Å². The van der Waals surface area contributed by atoms with Gasteiger partial charge in [0.05, 0.1) is 5.56 Å². The number of carbonyl (C=O) groups is 1. The number of aliphatic hydroxyl groups is 1. The van der Waals surface area contributed by atoms with Crippen LogP contribution in [0.2, 0.25) is 0 Å². The smallest absolute Gasteiger partial charge is 0.396 e. The summed E-state index contributed by atoms with van der Waals surface area (Å²) < 4.78 is 37.5. The summed E-state index contributed by atoms with van der Waals surface area (Å²) in [7, 11) is 0. The molecule has 134 valence electrons. The predicted octanol–water partition coefficient (Wildman–Crippen LogP) is 3.87. The number of nitrogens with one attached hydrogen (secondary N) is 2. The number of urea groups is 1. The molecule has 0 heterocycles. The van der Waals surface area contributed by atoms with Gasteiger partial charge < -0.3 is 15.7 Å². The fourth-order valence-electron chi connectivity index (χ4n) is 2.42. The maximum Gasteiger partial charge on any atom is 0.416 e. The van der Waals surface area contributed by atoms with Crippen molar-refractivity contribution in [3.8, 4) is 0 Å². The molecular formula is C18H19F3N2O2. The molecule has 2 aromatic carbocycles. The minimum Gasteiger partial charge on any atom is -0.396 e. The van der Waals surface area contributed by atoms with E-state index < -0.39 is 17.8 Å². The third-order valence-corrected chi connectivity index (χ3v) is 3.75. The van der Waals surface area contributed by atoms with Gasteiger partial charge in [0, 0.05) is 18.8 Å². The highest BCUT2D eigenvalue weighted by atomic mass is 19.4. The highest BCUT2D eigenvalue weighted by molar-refractivity contribution is 5.90. The molecule has 0 aromatic heterocycles. The van der Waals surface area contributed by atoms with E-state index in [0.717, 1.165) is 23.3 Å². The largest absolute Gasteiger partial charge is 0.416 e. The maximum absolute atomic E-state index is 12.5. The summed E-state index contributed by atoms with van der Waals surface area (Å²) in [5.41, 5.74) is 2.22. The average Bonchev–Trinajstić information content (AvgIpc) is 2.56. The first-order chi connectivity index (χ1) is 11.8. The van der Waals surface area contributed by atoms with Gasteiger partial charge in [-0.3, -0.25) is 0 Å². The Hall–Kier alpha value is -2.54. The molecule has 2 amide bonds. The van der Waals surface area contributed by atoms with Crippen molar-refractivity contribution in [2.75, 3.05) is 11.9 Å². The molecule has 0 saturated carbocycles. The van der Waals surface area contributed by atoms with Crippen LogP contribution in [0.15, 0.2) is 42.5 Å². The molecule has 0 bridgehead atoms. The van der Waals surface area contributed by atoms with Crippen LogP contribution in [0, 0.1) is 6.92 Å². The van der Waals surface area contributed by atoms with Crippen molar-refractivity contribution < 1.29 is 23.1 Å². The lowest BCUT2D eigenvalue weighted by Gasteiger charge is -2.14. The second kappa shape index (κ2) is 8.02. The topological polar surface area (TPSA) is 61.4 Å². The number of carbonyl (C=O) groups excluding carboxylic acids is 1. The third-order valence-electron chi connectivity index (χ3n) is 3.75. The summed E-state index contributed by atoms with van der Waals surface area (Å²) >= 11 is 0. The van der Waals surface area contributed by atoms with Crippen LogP contribution in [0.4, 0.5) is 23.7 Å². The number of hydrogen-bond acceptors (Lipinski definition) is 2. The quantitative estimate of drug-likeness (QED) is 0.765. The summed E-state index contributed by atoms with van der Waals surface area (Å²) in [6.07, 6.45) is -3.96.